The fourth-order valence-electron chi connectivity index (χ4n) is 2.90. The zero-order chi connectivity index (χ0) is 21.0. The van der Waals surface area contributed by atoms with Crippen LogP contribution in [0.4, 0.5) is 5.69 Å². The summed E-state index contributed by atoms with van der Waals surface area (Å²) < 4.78 is 10.5. The SMILES string of the molecule is CCCOC(=O)c1ccc(N2C(=O)C(Cl)=C(c3ccc(OCC)cc3)C2=O)cc1. The predicted octanol–water partition coefficient (Wildman–Crippen LogP) is 4.18. The summed E-state index contributed by atoms with van der Waals surface area (Å²) in [5.41, 5.74) is 1.32. The molecule has 0 radical (unpaired) electrons. The summed E-state index contributed by atoms with van der Waals surface area (Å²) in [5.74, 6) is -0.928. The van der Waals surface area contributed by atoms with Crippen molar-refractivity contribution in [3.05, 3.63) is 64.7 Å². The second-order valence-electron chi connectivity index (χ2n) is 6.27. The summed E-state index contributed by atoms with van der Waals surface area (Å²) >= 11 is 6.20. The first-order valence-electron chi connectivity index (χ1n) is 9.26. The molecule has 0 N–H and O–H groups in total. The van der Waals surface area contributed by atoms with Gasteiger partial charge in [-0.3, -0.25) is 9.59 Å². The van der Waals surface area contributed by atoms with E-state index in [1.54, 1.807) is 24.3 Å². The Morgan fingerprint density at radius 2 is 1.62 bits per heavy atom. The van der Waals surface area contributed by atoms with E-state index in [9.17, 15) is 14.4 Å². The molecule has 1 aliphatic rings. The molecule has 0 atom stereocenters. The Bertz CT molecular complexity index is 964. The first-order valence-corrected chi connectivity index (χ1v) is 9.64. The van der Waals surface area contributed by atoms with E-state index in [0.29, 0.717) is 35.8 Å². The molecule has 2 amide bonds. The number of carbonyl (C=O) groups is 3. The molecule has 0 fully saturated rings. The molecule has 2 aromatic rings. The molecule has 29 heavy (non-hydrogen) atoms. The van der Waals surface area contributed by atoms with Gasteiger partial charge in [-0.05, 0) is 55.3 Å². The number of rotatable bonds is 7. The first-order chi connectivity index (χ1) is 14.0. The number of ether oxygens (including phenoxy) is 2. The Morgan fingerprint density at radius 1 is 0.966 bits per heavy atom. The molecule has 1 aliphatic heterocycles. The summed E-state index contributed by atoms with van der Waals surface area (Å²) in [4.78, 5) is 38.5. The fraction of sp³-hybridized carbons (Fsp3) is 0.227. The minimum atomic E-state index is -0.609. The van der Waals surface area contributed by atoms with Crippen LogP contribution in [0.15, 0.2) is 53.6 Å². The zero-order valence-corrected chi connectivity index (χ0v) is 16.9. The van der Waals surface area contributed by atoms with Crippen molar-refractivity contribution in [3.63, 3.8) is 0 Å². The highest BCUT2D eigenvalue weighted by Gasteiger charge is 2.39. The molecule has 6 nitrogen and oxygen atoms in total. The van der Waals surface area contributed by atoms with E-state index in [0.717, 1.165) is 11.3 Å². The summed E-state index contributed by atoms with van der Waals surface area (Å²) in [6.07, 6.45) is 0.721. The summed E-state index contributed by atoms with van der Waals surface area (Å²) in [5, 5.41) is -0.148. The number of anilines is 1. The molecule has 1 heterocycles. The van der Waals surface area contributed by atoms with Crippen LogP contribution in [0.3, 0.4) is 0 Å². The maximum absolute atomic E-state index is 12.9. The maximum Gasteiger partial charge on any atom is 0.338 e. The number of hydrogen-bond donors (Lipinski definition) is 0. The number of benzene rings is 2. The number of esters is 1. The van der Waals surface area contributed by atoms with Crippen LogP contribution >= 0.6 is 11.6 Å². The molecule has 0 saturated heterocycles. The van der Waals surface area contributed by atoms with Gasteiger partial charge in [-0.1, -0.05) is 30.7 Å². The minimum absolute atomic E-state index is 0.131. The Morgan fingerprint density at radius 3 is 2.21 bits per heavy atom. The van der Waals surface area contributed by atoms with Crippen LogP contribution in [0.25, 0.3) is 5.57 Å². The second-order valence-corrected chi connectivity index (χ2v) is 6.65. The standard InChI is InChI=1S/C22H20ClNO5/c1-3-13-29-22(27)15-5-9-16(10-6-15)24-20(25)18(19(23)21(24)26)14-7-11-17(12-8-14)28-4-2/h5-12H,3-4,13H2,1-2H3. The van der Waals surface area contributed by atoms with E-state index in [1.807, 2.05) is 13.8 Å². The third kappa shape index (κ3) is 4.17. The van der Waals surface area contributed by atoms with Crippen LogP contribution < -0.4 is 9.64 Å². The van der Waals surface area contributed by atoms with Crippen LogP contribution in [0, 0.1) is 0 Å². The molecule has 7 heteroatoms. The first kappa shape index (κ1) is 20.6. The van der Waals surface area contributed by atoms with Crippen molar-refractivity contribution >= 4 is 40.6 Å². The number of halogens is 1. The number of imide groups is 1. The van der Waals surface area contributed by atoms with E-state index in [4.69, 9.17) is 21.1 Å². The van der Waals surface area contributed by atoms with Gasteiger partial charge in [-0.25, -0.2) is 9.69 Å². The van der Waals surface area contributed by atoms with Crippen molar-refractivity contribution in [2.75, 3.05) is 18.1 Å². The molecule has 3 rings (SSSR count). The third-order valence-corrected chi connectivity index (χ3v) is 4.63. The van der Waals surface area contributed by atoms with E-state index >= 15 is 0 Å². The molecule has 0 aliphatic carbocycles. The maximum atomic E-state index is 12.9. The summed E-state index contributed by atoms with van der Waals surface area (Å²) in [6, 6.07) is 12.9. The number of nitrogens with zero attached hydrogens (tertiary/aromatic N) is 1. The number of hydrogen-bond acceptors (Lipinski definition) is 5. The van der Waals surface area contributed by atoms with Gasteiger partial charge in [-0.2, -0.15) is 0 Å². The van der Waals surface area contributed by atoms with Crippen molar-refractivity contribution in [1.82, 2.24) is 0 Å². The highest BCUT2D eigenvalue weighted by atomic mass is 35.5. The minimum Gasteiger partial charge on any atom is -0.494 e. The smallest absolute Gasteiger partial charge is 0.338 e. The lowest BCUT2D eigenvalue weighted by Crippen LogP contribution is -2.31. The fourth-order valence-corrected chi connectivity index (χ4v) is 3.17. The lowest BCUT2D eigenvalue weighted by molar-refractivity contribution is -0.119. The highest BCUT2D eigenvalue weighted by molar-refractivity contribution is 6.60. The van der Waals surface area contributed by atoms with E-state index in [-0.39, 0.29) is 10.6 Å². The molecule has 0 aromatic heterocycles. The van der Waals surface area contributed by atoms with Gasteiger partial charge in [0, 0.05) is 0 Å². The zero-order valence-electron chi connectivity index (χ0n) is 16.1. The lowest BCUT2D eigenvalue weighted by atomic mass is 10.1. The topological polar surface area (TPSA) is 72.9 Å². The van der Waals surface area contributed by atoms with E-state index in [2.05, 4.69) is 0 Å². The van der Waals surface area contributed by atoms with Crippen LogP contribution in [-0.4, -0.2) is 31.0 Å². The average molecular weight is 414 g/mol. The molecule has 0 spiro atoms. The van der Waals surface area contributed by atoms with Gasteiger partial charge in [-0.15, -0.1) is 0 Å². The Labute approximate surface area is 173 Å². The molecule has 0 bridgehead atoms. The quantitative estimate of drug-likeness (QED) is 0.503. The van der Waals surface area contributed by atoms with Gasteiger partial charge < -0.3 is 9.47 Å². The van der Waals surface area contributed by atoms with Crippen molar-refractivity contribution in [2.24, 2.45) is 0 Å². The van der Waals surface area contributed by atoms with Crippen molar-refractivity contribution in [3.8, 4) is 5.75 Å². The monoisotopic (exact) mass is 413 g/mol. The van der Waals surface area contributed by atoms with Gasteiger partial charge in [0.25, 0.3) is 11.8 Å². The molecular weight excluding hydrogens is 394 g/mol. The third-order valence-electron chi connectivity index (χ3n) is 4.28. The Hall–Kier alpha value is -3.12. The predicted molar refractivity (Wildman–Crippen MR) is 110 cm³/mol. The lowest BCUT2D eigenvalue weighted by Gasteiger charge is -2.15. The Kier molecular flexibility index (Phi) is 6.34. The van der Waals surface area contributed by atoms with Gasteiger partial charge in [0.15, 0.2) is 0 Å². The van der Waals surface area contributed by atoms with Gasteiger partial charge in [0.05, 0.1) is 30.0 Å². The summed E-state index contributed by atoms with van der Waals surface area (Å²) in [6.45, 7) is 4.63. The largest absolute Gasteiger partial charge is 0.494 e. The van der Waals surface area contributed by atoms with Crippen LogP contribution in [0.1, 0.15) is 36.2 Å². The van der Waals surface area contributed by atoms with Crippen LogP contribution in [0.5, 0.6) is 5.75 Å². The van der Waals surface area contributed by atoms with E-state index < -0.39 is 17.8 Å². The van der Waals surface area contributed by atoms with Crippen molar-refractivity contribution < 1.29 is 23.9 Å². The van der Waals surface area contributed by atoms with Gasteiger partial charge in [0.2, 0.25) is 0 Å². The molecular formula is C22H20ClNO5. The average Bonchev–Trinajstić information content (AvgIpc) is 2.96. The molecule has 0 unspecified atom stereocenters. The van der Waals surface area contributed by atoms with Crippen LogP contribution in [-0.2, 0) is 14.3 Å². The molecule has 2 aromatic carbocycles. The number of amides is 2. The normalized spacial score (nSPS) is 13.8. The van der Waals surface area contributed by atoms with Crippen molar-refractivity contribution in [2.45, 2.75) is 20.3 Å². The highest BCUT2D eigenvalue weighted by Crippen LogP contribution is 2.35. The Balaban J connectivity index is 1.83. The van der Waals surface area contributed by atoms with Gasteiger partial charge in [0.1, 0.15) is 10.8 Å². The van der Waals surface area contributed by atoms with Crippen LogP contribution in [0.2, 0.25) is 0 Å². The van der Waals surface area contributed by atoms with Gasteiger partial charge >= 0.3 is 5.97 Å². The molecule has 150 valence electrons. The second kappa shape index (κ2) is 8.92. The summed E-state index contributed by atoms with van der Waals surface area (Å²) in [7, 11) is 0. The molecule has 0 saturated carbocycles. The van der Waals surface area contributed by atoms with Crippen molar-refractivity contribution in [1.29, 1.82) is 0 Å². The number of carbonyl (C=O) groups excluding carboxylic acids is 3. The van der Waals surface area contributed by atoms with E-state index in [1.165, 1.54) is 24.3 Å².